The maximum Gasteiger partial charge on any atom is 0.338 e. The van der Waals surface area contributed by atoms with Crippen molar-refractivity contribution in [2.24, 2.45) is 0 Å². The summed E-state index contributed by atoms with van der Waals surface area (Å²) in [6.45, 7) is 2.42. The molecule has 0 bridgehead atoms. The predicted molar refractivity (Wildman–Crippen MR) is 90.8 cm³/mol. The van der Waals surface area contributed by atoms with Crippen LogP contribution >= 0.6 is 11.3 Å². The molecule has 0 aliphatic carbocycles. The van der Waals surface area contributed by atoms with Gasteiger partial charge in [0.2, 0.25) is 0 Å². The summed E-state index contributed by atoms with van der Waals surface area (Å²) in [6.07, 6.45) is 1.79. The number of hydrogen-bond acceptors (Lipinski definition) is 4. The third-order valence-electron chi connectivity index (χ3n) is 3.56. The molecule has 0 N–H and O–H groups in total. The molecule has 22 heavy (non-hydrogen) atoms. The maximum atomic E-state index is 12.7. The molecule has 0 unspecified atom stereocenters. The number of esters is 1. The average Bonchev–Trinajstić information content (AvgIpc) is 2.54. The number of unbranched alkanes of at least 4 members (excludes halogenated alkanes) is 1. The quantitative estimate of drug-likeness (QED) is 0.408. The molecule has 3 aromatic rings. The van der Waals surface area contributed by atoms with Gasteiger partial charge >= 0.3 is 5.97 Å². The molecule has 0 radical (unpaired) electrons. The van der Waals surface area contributed by atoms with Gasteiger partial charge in [-0.15, -0.1) is 11.3 Å². The van der Waals surface area contributed by atoms with E-state index >= 15 is 0 Å². The number of carbonyl (C=O) groups excluding carboxylic acids is 1. The highest BCUT2D eigenvalue weighted by molar-refractivity contribution is 7.24. The molecule has 3 nitrogen and oxygen atoms in total. The summed E-state index contributed by atoms with van der Waals surface area (Å²) >= 11 is 1.52. The average molecular weight is 312 g/mol. The lowest BCUT2D eigenvalue weighted by Crippen LogP contribution is -2.11. The Balaban J connectivity index is 2.17. The van der Waals surface area contributed by atoms with E-state index in [-0.39, 0.29) is 5.43 Å². The molecule has 4 heteroatoms. The minimum atomic E-state index is -0.418. The fourth-order valence-electron chi connectivity index (χ4n) is 2.40. The van der Waals surface area contributed by atoms with Crippen molar-refractivity contribution in [3.8, 4) is 0 Å². The minimum absolute atomic E-state index is 0.104. The number of ether oxygens (including phenoxy) is 1. The molecule has 1 heterocycles. The van der Waals surface area contributed by atoms with Crippen molar-refractivity contribution in [1.82, 2.24) is 0 Å². The monoisotopic (exact) mass is 312 g/mol. The van der Waals surface area contributed by atoms with E-state index in [1.54, 1.807) is 18.2 Å². The van der Waals surface area contributed by atoms with E-state index in [2.05, 4.69) is 0 Å². The number of rotatable bonds is 4. The van der Waals surface area contributed by atoms with Crippen LogP contribution in [0, 0.1) is 0 Å². The molecule has 0 fully saturated rings. The standard InChI is InChI=1S/C18H16O3S/c1-2-3-11-21-18(20)13-8-6-10-15-16(13)17(19)12-7-4-5-9-14(12)22-15/h4-10H,2-3,11H2,1H3. The normalized spacial score (nSPS) is 11.0. The third-order valence-corrected chi connectivity index (χ3v) is 4.69. The van der Waals surface area contributed by atoms with E-state index in [1.807, 2.05) is 31.2 Å². The zero-order valence-electron chi connectivity index (χ0n) is 12.3. The van der Waals surface area contributed by atoms with Gasteiger partial charge in [-0.25, -0.2) is 4.79 Å². The second-order valence-electron chi connectivity index (χ2n) is 5.10. The second kappa shape index (κ2) is 6.28. The van der Waals surface area contributed by atoms with Crippen LogP contribution in [0.1, 0.15) is 30.1 Å². The summed E-state index contributed by atoms with van der Waals surface area (Å²) in [5.74, 6) is -0.418. The van der Waals surface area contributed by atoms with Gasteiger partial charge in [-0.1, -0.05) is 31.5 Å². The molecule has 2 aromatic carbocycles. The summed E-state index contributed by atoms with van der Waals surface area (Å²) in [6, 6.07) is 12.8. The Labute approximate surface area is 132 Å². The zero-order valence-corrected chi connectivity index (χ0v) is 13.1. The minimum Gasteiger partial charge on any atom is -0.462 e. The fourth-order valence-corrected chi connectivity index (χ4v) is 3.51. The molecule has 3 rings (SSSR count). The fraction of sp³-hybridized carbons (Fsp3) is 0.222. The van der Waals surface area contributed by atoms with Crippen LogP contribution < -0.4 is 5.43 Å². The van der Waals surface area contributed by atoms with Crippen molar-refractivity contribution < 1.29 is 9.53 Å². The Bertz CT molecular complexity index is 896. The van der Waals surface area contributed by atoms with Crippen molar-refractivity contribution in [3.05, 3.63) is 58.3 Å². The summed E-state index contributed by atoms with van der Waals surface area (Å²) in [5, 5.41) is 1.11. The van der Waals surface area contributed by atoms with E-state index in [0.29, 0.717) is 22.9 Å². The van der Waals surface area contributed by atoms with Gasteiger partial charge in [0.1, 0.15) is 0 Å². The predicted octanol–water partition coefficient (Wildman–Crippen LogP) is 4.37. The van der Waals surface area contributed by atoms with Gasteiger partial charge in [-0.05, 0) is 30.7 Å². The Morgan fingerprint density at radius 1 is 1.09 bits per heavy atom. The Kier molecular flexibility index (Phi) is 4.20. The number of hydrogen-bond donors (Lipinski definition) is 0. The van der Waals surface area contributed by atoms with Gasteiger partial charge in [-0.3, -0.25) is 4.79 Å². The first-order chi connectivity index (χ1) is 10.7. The Morgan fingerprint density at radius 2 is 1.86 bits per heavy atom. The molecule has 0 aliphatic rings. The van der Waals surface area contributed by atoms with Crippen LogP contribution in [-0.4, -0.2) is 12.6 Å². The van der Waals surface area contributed by atoms with Crippen LogP contribution in [0.25, 0.3) is 20.2 Å². The van der Waals surface area contributed by atoms with E-state index in [0.717, 1.165) is 22.2 Å². The van der Waals surface area contributed by atoms with Crippen molar-refractivity contribution >= 4 is 37.5 Å². The lowest BCUT2D eigenvalue weighted by Gasteiger charge is -2.07. The first-order valence-corrected chi connectivity index (χ1v) is 8.15. The number of benzene rings is 2. The molecule has 112 valence electrons. The van der Waals surface area contributed by atoms with Gasteiger partial charge in [0, 0.05) is 14.8 Å². The van der Waals surface area contributed by atoms with E-state index in [1.165, 1.54) is 11.3 Å². The first-order valence-electron chi connectivity index (χ1n) is 7.34. The largest absolute Gasteiger partial charge is 0.462 e. The van der Waals surface area contributed by atoms with Gasteiger partial charge < -0.3 is 4.74 Å². The third kappa shape index (κ3) is 2.62. The number of carbonyl (C=O) groups is 1. The highest BCUT2D eigenvalue weighted by atomic mass is 32.1. The molecule has 0 amide bonds. The molecule has 0 saturated carbocycles. The number of fused-ring (bicyclic) bond motifs is 2. The SMILES string of the molecule is CCCCOC(=O)c1cccc2sc3ccccc3c(=O)c12. The van der Waals surface area contributed by atoms with E-state index < -0.39 is 5.97 Å². The highest BCUT2D eigenvalue weighted by Crippen LogP contribution is 2.26. The van der Waals surface area contributed by atoms with Crippen LogP contribution in [0.5, 0.6) is 0 Å². The molecular formula is C18H16O3S. The second-order valence-corrected chi connectivity index (χ2v) is 6.18. The molecule has 0 spiro atoms. The molecule has 0 saturated heterocycles. The maximum absolute atomic E-state index is 12.7. The van der Waals surface area contributed by atoms with Crippen LogP contribution in [0.15, 0.2) is 47.3 Å². The zero-order chi connectivity index (χ0) is 15.5. The summed E-state index contributed by atoms with van der Waals surface area (Å²) in [5.41, 5.74) is 0.257. The molecule has 0 atom stereocenters. The summed E-state index contributed by atoms with van der Waals surface area (Å²) < 4.78 is 7.01. The molecule has 1 aromatic heterocycles. The lowest BCUT2D eigenvalue weighted by atomic mass is 10.1. The van der Waals surface area contributed by atoms with E-state index in [4.69, 9.17) is 4.74 Å². The molecular weight excluding hydrogens is 296 g/mol. The smallest absolute Gasteiger partial charge is 0.338 e. The van der Waals surface area contributed by atoms with Gasteiger partial charge in [0.05, 0.1) is 17.6 Å². The van der Waals surface area contributed by atoms with Crippen LogP contribution in [0.3, 0.4) is 0 Å². The lowest BCUT2D eigenvalue weighted by molar-refractivity contribution is 0.0502. The van der Waals surface area contributed by atoms with Gasteiger partial charge in [0.15, 0.2) is 5.43 Å². The Hall–Kier alpha value is -2.20. The van der Waals surface area contributed by atoms with Crippen LogP contribution in [0.2, 0.25) is 0 Å². The van der Waals surface area contributed by atoms with Gasteiger partial charge in [-0.2, -0.15) is 0 Å². The molecule has 0 aliphatic heterocycles. The van der Waals surface area contributed by atoms with Crippen LogP contribution in [-0.2, 0) is 4.74 Å². The topological polar surface area (TPSA) is 43.4 Å². The van der Waals surface area contributed by atoms with Crippen molar-refractivity contribution in [1.29, 1.82) is 0 Å². The first kappa shape index (κ1) is 14.7. The van der Waals surface area contributed by atoms with Crippen molar-refractivity contribution in [3.63, 3.8) is 0 Å². The van der Waals surface area contributed by atoms with E-state index in [9.17, 15) is 9.59 Å². The van der Waals surface area contributed by atoms with Gasteiger partial charge in [0.25, 0.3) is 0 Å². The van der Waals surface area contributed by atoms with Crippen molar-refractivity contribution in [2.45, 2.75) is 19.8 Å². The Morgan fingerprint density at radius 3 is 2.68 bits per heavy atom. The van der Waals surface area contributed by atoms with Crippen LogP contribution in [0.4, 0.5) is 0 Å². The summed E-state index contributed by atoms with van der Waals surface area (Å²) in [7, 11) is 0. The summed E-state index contributed by atoms with van der Waals surface area (Å²) in [4.78, 5) is 25.0. The van der Waals surface area contributed by atoms with Crippen molar-refractivity contribution in [2.75, 3.05) is 6.61 Å². The highest BCUT2D eigenvalue weighted by Gasteiger charge is 2.16.